The Morgan fingerprint density at radius 3 is 0.978 bits per heavy atom. The molecular weight excluding hydrogens is 1130 g/mol. The minimum absolute atomic E-state index is 0.0313. The van der Waals surface area contributed by atoms with Crippen LogP contribution in [0.25, 0.3) is 33.4 Å². The van der Waals surface area contributed by atoms with Gasteiger partial charge in [0.15, 0.2) is 0 Å². The van der Waals surface area contributed by atoms with Crippen molar-refractivity contribution in [3.8, 4) is 56.4 Å². The van der Waals surface area contributed by atoms with Gasteiger partial charge in [0.1, 0.15) is 28.8 Å². The van der Waals surface area contributed by atoms with Gasteiger partial charge in [0, 0.05) is 51.4 Å². The van der Waals surface area contributed by atoms with Crippen LogP contribution in [-0.4, -0.2) is 33.4 Å². The van der Waals surface area contributed by atoms with E-state index in [-0.39, 0.29) is 16.2 Å². The van der Waals surface area contributed by atoms with E-state index in [9.17, 15) is 0 Å². The van der Waals surface area contributed by atoms with E-state index < -0.39 is 0 Å². The van der Waals surface area contributed by atoms with E-state index in [1.807, 2.05) is 121 Å². The third-order valence-electron chi connectivity index (χ3n) is 17.5. The lowest BCUT2D eigenvalue weighted by Gasteiger charge is -2.30. The van der Waals surface area contributed by atoms with Gasteiger partial charge in [-0.2, -0.15) is 0 Å². The largest absolute Gasteiger partial charge is 0.497 e. The van der Waals surface area contributed by atoms with Crippen molar-refractivity contribution < 1.29 is 18.9 Å². The van der Waals surface area contributed by atoms with E-state index in [2.05, 4.69) is 219 Å². The molecule has 0 aliphatic heterocycles. The monoisotopic (exact) mass is 1210 g/mol. The van der Waals surface area contributed by atoms with Gasteiger partial charge in [-0.3, -0.25) is 0 Å². The zero-order chi connectivity index (χ0) is 63.8. The molecule has 458 valence electrons. The number of fused-ring (bicyclic) bond motifs is 13. The summed E-state index contributed by atoms with van der Waals surface area (Å²) in [7, 11) is 6.67. The van der Waals surface area contributed by atoms with Crippen LogP contribution in [0.1, 0.15) is 73.6 Å². The summed E-state index contributed by atoms with van der Waals surface area (Å²) < 4.78 is 20.6. The maximum absolute atomic E-state index is 5.22. The molecule has 92 heavy (non-hydrogen) atoms. The van der Waals surface area contributed by atoms with Gasteiger partial charge in [-0.05, 0) is 223 Å². The number of pyridine rings is 1. The molecule has 15 rings (SSSR count). The fourth-order valence-electron chi connectivity index (χ4n) is 12.8. The van der Waals surface area contributed by atoms with Crippen molar-refractivity contribution in [2.75, 3.05) is 49.7 Å². The van der Waals surface area contributed by atoms with E-state index in [4.69, 9.17) is 18.9 Å². The second-order valence-electron chi connectivity index (χ2n) is 24.5. The molecule has 0 amide bonds. The molecule has 0 atom stereocenters. The smallest absolute Gasteiger partial charge is 0.130 e. The summed E-state index contributed by atoms with van der Waals surface area (Å²) in [6.45, 7) is 11.3. The maximum atomic E-state index is 5.22. The number of ether oxygens (including phenoxy) is 4. The van der Waals surface area contributed by atoms with Crippen molar-refractivity contribution in [3.63, 3.8) is 0 Å². The Labute approximate surface area is 541 Å². The number of hydrogen-bond acceptors (Lipinski definition) is 9. The van der Waals surface area contributed by atoms with Crippen molar-refractivity contribution in [2.24, 2.45) is 0 Å². The number of hydrogen-bond donors (Lipinski definition) is 4. The van der Waals surface area contributed by atoms with E-state index in [0.29, 0.717) is 0 Å². The molecule has 0 saturated carbocycles. The number of aromatic nitrogens is 1. The molecule has 0 bridgehead atoms. The molecule has 1 spiro atoms. The summed E-state index contributed by atoms with van der Waals surface area (Å²) in [6.07, 6.45) is 1.82. The van der Waals surface area contributed by atoms with Crippen molar-refractivity contribution >= 4 is 45.6 Å². The first-order valence-electron chi connectivity index (χ1n) is 31.1. The second kappa shape index (κ2) is 26.6. The Bertz CT molecular complexity index is 4380. The highest BCUT2D eigenvalue weighted by molar-refractivity contribution is 5.96. The molecule has 3 aliphatic carbocycles. The van der Waals surface area contributed by atoms with Gasteiger partial charge in [0.25, 0.3) is 0 Å². The van der Waals surface area contributed by atoms with Crippen LogP contribution in [0.4, 0.5) is 45.6 Å². The number of anilines is 8. The standard InChI is InChI=1S/C30H20N2.C22H21NO.C17H21NO.C14H15NO2/c1-4-12-25-21(9-1)22-10-2-5-13-26(22)30(25)27-14-6-3-11-23(27)24-17-16-20(19-28(24)30)32-29-15-7-8-18-31-29;1-22(2)20-7-5-4-6-18(20)19-13-10-16(14-21(19)22)23-15-8-11-17(24-3)12-9-15;1-17(2,3)13-5-7-14(8-6-13)18-15-9-11-16(19-4)12-10-15;1-16-13-7-3-11(4-8-13)15-12-5-9-14(17-2)10-6-12/h1-19H,(H,31,32);4-14,23H,1-3H3;5-12,18H,1-4H3;3-10,15H,1-2H3. The lowest BCUT2D eigenvalue weighted by atomic mass is 9.70. The van der Waals surface area contributed by atoms with Gasteiger partial charge in [-0.1, -0.05) is 162 Å². The number of methoxy groups -OCH3 is 4. The first kappa shape index (κ1) is 61.2. The molecule has 0 saturated heterocycles. The first-order chi connectivity index (χ1) is 44.8. The molecule has 1 heterocycles. The van der Waals surface area contributed by atoms with Crippen LogP contribution in [0.15, 0.2) is 279 Å². The SMILES string of the molecule is COc1ccc(Nc2ccc(C(C)(C)C)cc2)cc1.COc1ccc(Nc2ccc(OC)cc2)cc1.COc1ccc(Nc2ccc3c(c2)C(C)(C)c2ccccc2-3)cc1.c1ccc(Nc2ccc3c(c2)C2(c4ccccc4-c4ccccc42)c2ccccc2-3)nc1. The van der Waals surface area contributed by atoms with Crippen LogP contribution < -0.4 is 40.2 Å². The Morgan fingerprint density at radius 2 is 0.598 bits per heavy atom. The minimum atomic E-state index is -0.305. The Hall–Kier alpha value is -11.0. The molecule has 9 nitrogen and oxygen atoms in total. The number of benzene rings is 11. The summed E-state index contributed by atoms with van der Waals surface area (Å²) in [5, 5.41) is 13.7. The molecular formula is C83H77N5O4. The summed E-state index contributed by atoms with van der Waals surface area (Å²) in [5.74, 6) is 4.29. The van der Waals surface area contributed by atoms with E-state index >= 15 is 0 Å². The highest BCUT2D eigenvalue weighted by atomic mass is 16.5. The van der Waals surface area contributed by atoms with E-state index in [1.165, 1.54) is 72.3 Å². The zero-order valence-corrected chi connectivity index (χ0v) is 53.6. The predicted molar refractivity (Wildman–Crippen MR) is 381 cm³/mol. The van der Waals surface area contributed by atoms with Crippen LogP contribution in [0.5, 0.6) is 23.0 Å². The van der Waals surface area contributed by atoms with Crippen molar-refractivity contribution in [1.82, 2.24) is 4.98 Å². The Balaban J connectivity index is 0.000000122. The number of nitrogens with one attached hydrogen (secondary N) is 4. The predicted octanol–water partition coefficient (Wildman–Crippen LogP) is 21.1. The van der Waals surface area contributed by atoms with Crippen LogP contribution in [0, 0.1) is 0 Å². The fourth-order valence-corrected chi connectivity index (χ4v) is 12.8. The summed E-state index contributed by atoms with van der Waals surface area (Å²) in [6, 6.07) is 94.8. The second-order valence-corrected chi connectivity index (χ2v) is 24.5. The lowest BCUT2D eigenvalue weighted by molar-refractivity contribution is 0.414. The molecule has 1 aromatic heterocycles. The highest BCUT2D eigenvalue weighted by Crippen LogP contribution is 2.63. The maximum Gasteiger partial charge on any atom is 0.130 e. The van der Waals surface area contributed by atoms with Crippen molar-refractivity contribution in [3.05, 3.63) is 318 Å². The number of rotatable bonds is 12. The van der Waals surface area contributed by atoms with Crippen LogP contribution >= 0.6 is 0 Å². The molecule has 0 unspecified atom stereocenters. The van der Waals surface area contributed by atoms with Crippen LogP contribution in [0.3, 0.4) is 0 Å². The molecule has 4 N–H and O–H groups in total. The van der Waals surface area contributed by atoms with Gasteiger partial charge in [0.05, 0.1) is 33.9 Å². The van der Waals surface area contributed by atoms with E-state index in [0.717, 1.165) is 68.6 Å². The van der Waals surface area contributed by atoms with Gasteiger partial charge >= 0.3 is 0 Å². The van der Waals surface area contributed by atoms with Gasteiger partial charge in [0.2, 0.25) is 0 Å². The quantitative estimate of drug-likeness (QED) is 0.0954. The minimum Gasteiger partial charge on any atom is -0.497 e. The topological polar surface area (TPSA) is 97.9 Å². The first-order valence-corrected chi connectivity index (χ1v) is 31.1. The Kier molecular flexibility index (Phi) is 17.7. The van der Waals surface area contributed by atoms with Crippen molar-refractivity contribution in [2.45, 2.75) is 50.9 Å². The third-order valence-corrected chi connectivity index (χ3v) is 17.5. The summed E-state index contributed by atoms with van der Waals surface area (Å²) >= 11 is 0. The lowest BCUT2D eigenvalue weighted by Crippen LogP contribution is -2.25. The Morgan fingerprint density at radius 1 is 0.293 bits per heavy atom. The summed E-state index contributed by atoms with van der Waals surface area (Å²) in [4.78, 5) is 4.46. The molecule has 3 aliphatic rings. The van der Waals surface area contributed by atoms with Gasteiger partial charge in [-0.15, -0.1) is 0 Å². The molecule has 11 aromatic carbocycles. The van der Waals surface area contributed by atoms with Crippen LogP contribution in [0.2, 0.25) is 0 Å². The van der Waals surface area contributed by atoms with E-state index in [1.54, 1.807) is 28.4 Å². The van der Waals surface area contributed by atoms with Crippen LogP contribution in [-0.2, 0) is 16.2 Å². The molecule has 12 aromatic rings. The highest BCUT2D eigenvalue weighted by Gasteiger charge is 2.51. The fraction of sp³-hybridized carbons (Fsp3) is 0.145. The third kappa shape index (κ3) is 12.6. The van der Waals surface area contributed by atoms with Gasteiger partial charge < -0.3 is 40.2 Å². The van der Waals surface area contributed by atoms with Crippen molar-refractivity contribution in [1.29, 1.82) is 0 Å². The number of nitrogens with zero attached hydrogens (tertiary/aromatic N) is 1. The molecule has 9 heteroatoms. The summed E-state index contributed by atoms with van der Waals surface area (Å²) in [5.41, 5.74) is 24.9. The zero-order valence-electron chi connectivity index (χ0n) is 53.6. The normalized spacial score (nSPS) is 12.6. The average Bonchev–Trinajstić information content (AvgIpc) is 1.51. The average molecular weight is 1210 g/mol. The van der Waals surface area contributed by atoms with Gasteiger partial charge in [-0.25, -0.2) is 4.98 Å². The molecule has 0 radical (unpaired) electrons. The molecule has 0 fully saturated rings.